The number of anilines is 1. The Morgan fingerprint density at radius 3 is 2.62 bits per heavy atom. The molecule has 1 aromatic carbocycles. The fourth-order valence-corrected chi connectivity index (χ4v) is 2.38. The first-order chi connectivity index (χ1) is 11.3. The Morgan fingerprint density at radius 1 is 1.17 bits per heavy atom. The van der Waals surface area contributed by atoms with Crippen molar-refractivity contribution in [3.05, 3.63) is 56.2 Å². The van der Waals surface area contributed by atoms with Crippen molar-refractivity contribution >= 4 is 41.1 Å². The molecule has 126 valence electrons. The highest BCUT2D eigenvalue weighted by Gasteiger charge is 2.06. The second-order valence-electron chi connectivity index (χ2n) is 5.24. The van der Waals surface area contributed by atoms with Gasteiger partial charge in [0.25, 0.3) is 5.56 Å². The lowest BCUT2D eigenvalue weighted by molar-refractivity contribution is -0.121. The monoisotopic (exact) mass is 363 g/mol. The van der Waals surface area contributed by atoms with Crippen molar-refractivity contribution in [3.63, 3.8) is 0 Å². The molecule has 0 atom stereocenters. The molecule has 0 aliphatic rings. The maximum Gasteiger partial charge on any atom is 0.251 e. The number of nitrogens with one attached hydrogen (secondary N) is 5. The summed E-state index contributed by atoms with van der Waals surface area (Å²) in [5.74, 6) is -0.364. The fourth-order valence-electron chi connectivity index (χ4n) is 1.98. The van der Waals surface area contributed by atoms with E-state index in [9.17, 15) is 9.59 Å². The predicted octanol–water partition coefficient (Wildman–Crippen LogP) is 1.61. The molecular formula is C15H17N5O2S2. The van der Waals surface area contributed by atoms with Gasteiger partial charge in [0.05, 0.1) is 6.42 Å². The van der Waals surface area contributed by atoms with Gasteiger partial charge in [0.15, 0.2) is 9.88 Å². The minimum Gasteiger partial charge on any atom is -0.335 e. The van der Waals surface area contributed by atoms with E-state index in [0.717, 1.165) is 16.8 Å². The Labute approximate surface area is 148 Å². The van der Waals surface area contributed by atoms with E-state index in [1.807, 2.05) is 32.0 Å². The highest BCUT2D eigenvalue weighted by atomic mass is 32.1. The normalized spacial score (nSPS) is 10.1. The van der Waals surface area contributed by atoms with Crippen LogP contribution in [0.3, 0.4) is 0 Å². The van der Waals surface area contributed by atoms with Crippen molar-refractivity contribution in [2.45, 2.75) is 20.3 Å². The van der Waals surface area contributed by atoms with E-state index in [0.29, 0.717) is 5.69 Å². The highest BCUT2D eigenvalue weighted by molar-refractivity contribution is 7.80. The van der Waals surface area contributed by atoms with Crippen LogP contribution in [0.2, 0.25) is 0 Å². The third-order valence-electron chi connectivity index (χ3n) is 3.12. The largest absolute Gasteiger partial charge is 0.335 e. The van der Waals surface area contributed by atoms with Crippen molar-refractivity contribution < 1.29 is 4.79 Å². The van der Waals surface area contributed by atoms with Crippen molar-refractivity contribution in [2.75, 3.05) is 5.32 Å². The molecule has 0 aliphatic carbocycles. The summed E-state index contributed by atoms with van der Waals surface area (Å²) in [5.41, 5.74) is 8.13. The van der Waals surface area contributed by atoms with Gasteiger partial charge < -0.3 is 10.3 Å². The van der Waals surface area contributed by atoms with Crippen LogP contribution < -0.4 is 21.7 Å². The first kappa shape index (κ1) is 17.8. The number of hydrogen-bond acceptors (Lipinski definition) is 4. The summed E-state index contributed by atoms with van der Waals surface area (Å²) < 4.78 is 0.172. The van der Waals surface area contributed by atoms with Crippen molar-refractivity contribution in [3.8, 4) is 0 Å². The minimum atomic E-state index is -0.364. The zero-order valence-electron chi connectivity index (χ0n) is 13.1. The second-order valence-corrected chi connectivity index (χ2v) is 6.05. The maximum atomic E-state index is 11.9. The van der Waals surface area contributed by atoms with Gasteiger partial charge in [0.1, 0.15) is 0 Å². The lowest BCUT2D eigenvalue weighted by Gasteiger charge is -2.13. The molecule has 1 aromatic heterocycles. The van der Waals surface area contributed by atoms with Gasteiger partial charge in [-0.3, -0.25) is 25.4 Å². The number of amides is 1. The maximum absolute atomic E-state index is 11.9. The molecule has 0 radical (unpaired) electrons. The SMILES string of the molecule is Cc1ccc(C)c(NC(=S)NNC(=O)Cc2cc(=O)[nH]c(=S)[nH]2)c1. The van der Waals surface area contributed by atoms with Crippen LogP contribution in [0.5, 0.6) is 0 Å². The summed E-state index contributed by atoms with van der Waals surface area (Å²) in [4.78, 5) is 28.3. The summed E-state index contributed by atoms with van der Waals surface area (Å²) in [5, 5.41) is 3.27. The van der Waals surface area contributed by atoms with Crippen LogP contribution in [0.25, 0.3) is 0 Å². The van der Waals surface area contributed by atoms with Crippen LogP contribution in [-0.4, -0.2) is 21.0 Å². The number of thiocarbonyl (C=S) groups is 1. The van der Waals surface area contributed by atoms with E-state index in [4.69, 9.17) is 24.4 Å². The lowest BCUT2D eigenvalue weighted by Crippen LogP contribution is -2.44. The molecule has 0 bridgehead atoms. The molecule has 9 heteroatoms. The van der Waals surface area contributed by atoms with Crippen LogP contribution in [-0.2, 0) is 11.2 Å². The summed E-state index contributed by atoms with van der Waals surface area (Å²) in [6.45, 7) is 3.94. The number of carbonyl (C=O) groups is 1. The third-order valence-corrected chi connectivity index (χ3v) is 3.53. The van der Waals surface area contributed by atoms with E-state index >= 15 is 0 Å². The van der Waals surface area contributed by atoms with Crippen LogP contribution in [0.15, 0.2) is 29.1 Å². The Hall–Kier alpha value is -2.52. The number of hydrogen-bond donors (Lipinski definition) is 5. The van der Waals surface area contributed by atoms with Gasteiger partial charge in [0, 0.05) is 17.4 Å². The van der Waals surface area contributed by atoms with Crippen molar-refractivity contribution in [1.29, 1.82) is 0 Å². The number of rotatable bonds is 3. The quantitative estimate of drug-likeness (QED) is 0.419. The molecule has 0 fully saturated rings. The van der Waals surface area contributed by atoms with Crippen LogP contribution in [0.1, 0.15) is 16.8 Å². The smallest absolute Gasteiger partial charge is 0.251 e. The molecule has 7 nitrogen and oxygen atoms in total. The molecular weight excluding hydrogens is 346 g/mol. The molecule has 0 unspecified atom stereocenters. The van der Waals surface area contributed by atoms with E-state index in [1.54, 1.807) is 0 Å². The van der Waals surface area contributed by atoms with Gasteiger partial charge in [-0.15, -0.1) is 0 Å². The first-order valence-corrected chi connectivity index (χ1v) is 7.91. The summed E-state index contributed by atoms with van der Waals surface area (Å²) >= 11 is 10.00. The van der Waals surface area contributed by atoms with Crippen LogP contribution in [0, 0.1) is 18.6 Å². The lowest BCUT2D eigenvalue weighted by atomic mass is 10.1. The molecule has 0 saturated carbocycles. The van der Waals surface area contributed by atoms with Gasteiger partial charge in [-0.25, -0.2) is 0 Å². The summed E-state index contributed by atoms with van der Waals surface area (Å²) in [6.07, 6.45) is -0.0351. The molecule has 0 spiro atoms. The molecule has 1 heterocycles. The predicted molar refractivity (Wildman–Crippen MR) is 99.4 cm³/mol. The zero-order valence-corrected chi connectivity index (χ0v) is 14.8. The van der Waals surface area contributed by atoms with Crippen molar-refractivity contribution in [1.82, 2.24) is 20.8 Å². The number of carbonyl (C=O) groups excluding carboxylic acids is 1. The number of hydrazine groups is 1. The van der Waals surface area contributed by atoms with Gasteiger partial charge in [-0.05, 0) is 55.5 Å². The van der Waals surface area contributed by atoms with E-state index in [-0.39, 0.29) is 27.8 Å². The Balaban J connectivity index is 1.89. The molecule has 0 saturated heterocycles. The molecule has 24 heavy (non-hydrogen) atoms. The molecule has 5 N–H and O–H groups in total. The topological polar surface area (TPSA) is 102 Å². The number of aromatic amines is 2. The third kappa shape index (κ3) is 5.28. The number of aryl methyl sites for hydroxylation is 2. The Bertz CT molecular complexity index is 860. The van der Waals surface area contributed by atoms with Gasteiger partial charge >= 0.3 is 0 Å². The van der Waals surface area contributed by atoms with Crippen molar-refractivity contribution in [2.24, 2.45) is 0 Å². The Kier molecular flexibility index (Phi) is 5.83. The van der Waals surface area contributed by atoms with Crippen LogP contribution in [0.4, 0.5) is 5.69 Å². The van der Waals surface area contributed by atoms with Gasteiger partial charge in [-0.1, -0.05) is 12.1 Å². The number of benzene rings is 1. The van der Waals surface area contributed by atoms with Gasteiger partial charge in [-0.2, -0.15) is 0 Å². The highest BCUT2D eigenvalue weighted by Crippen LogP contribution is 2.15. The molecule has 0 aliphatic heterocycles. The molecule has 1 amide bonds. The first-order valence-electron chi connectivity index (χ1n) is 7.09. The van der Waals surface area contributed by atoms with E-state index in [2.05, 4.69) is 26.1 Å². The molecule has 2 aromatic rings. The zero-order chi connectivity index (χ0) is 17.7. The summed E-state index contributed by atoms with van der Waals surface area (Å²) in [6, 6.07) is 7.22. The fraction of sp³-hybridized carbons (Fsp3) is 0.200. The molecule has 2 rings (SSSR count). The summed E-state index contributed by atoms with van der Waals surface area (Å²) in [7, 11) is 0. The van der Waals surface area contributed by atoms with Gasteiger partial charge in [0.2, 0.25) is 5.91 Å². The standard InChI is InChI=1S/C15H17N5O2S2/c1-8-3-4-9(2)11(5-8)17-15(24)20-19-13(22)7-10-6-12(21)18-14(23)16-10/h3-6H,7H2,1-2H3,(H,19,22)(H2,17,20,24)(H2,16,18,21,23). The average molecular weight is 363 g/mol. The minimum absolute atomic E-state index is 0.0351. The van der Waals surface area contributed by atoms with E-state index < -0.39 is 0 Å². The average Bonchev–Trinajstić information content (AvgIpc) is 2.48. The number of aromatic nitrogens is 2. The Morgan fingerprint density at radius 2 is 1.92 bits per heavy atom. The van der Waals surface area contributed by atoms with Crippen LogP contribution >= 0.6 is 24.4 Å². The second kappa shape index (κ2) is 7.84. The number of H-pyrrole nitrogens is 2. The van der Waals surface area contributed by atoms with E-state index in [1.165, 1.54) is 6.07 Å².